The van der Waals surface area contributed by atoms with Gasteiger partial charge in [0.1, 0.15) is 5.78 Å². The van der Waals surface area contributed by atoms with Crippen molar-refractivity contribution in [2.24, 2.45) is 11.8 Å². The van der Waals surface area contributed by atoms with Crippen LogP contribution in [-0.2, 0) is 4.79 Å². The molecule has 15 heavy (non-hydrogen) atoms. The summed E-state index contributed by atoms with van der Waals surface area (Å²) in [5, 5.41) is 0. The van der Waals surface area contributed by atoms with E-state index in [2.05, 4.69) is 0 Å². The molecular weight excluding hydrogens is 184 g/mol. The maximum atomic E-state index is 11.9. The predicted molar refractivity (Wildman–Crippen MR) is 60.6 cm³/mol. The lowest BCUT2D eigenvalue weighted by Gasteiger charge is -2.38. The number of rotatable bonds is 0. The Hall–Kier alpha value is -0.590. The monoisotopic (exact) mass is 204 g/mol. The van der Waals surface area contributed by atoms with Gasteiger partial charge < -0.3 is 0 Å². The van der Waals surface area contributed by atoms with Gasteiger partial charge in [-0.3, -0.25) is 4.79 Å². The van der Waals surface area contributed by atoms with Gasteiger partial charge in [-0.25, -0.2) is 0 Å². The second kappa shape index (κ2) is 3.77. The summed E-state index contributed by atoms with van der Waals surface area (Å²) in [5.41, 5.74) is 3.43. The van der Waals surface area contributed by atoms with Gasteiger partial charge in [0.15, 0.2) is 0 Å². The molecular formula is C14H20O. The predicted octanol–water partition coefficient (Wildman–Crippen LogP) is 3.64. The number of Topliss-reactive ketones (excluding diaryl/α,β-unsaturated/α-hetero) is 1. The van der Waals surface area contributed by atoms with Crippen molar-refractivity contribution in [3.63, 3.8) is 0 Å². The van der Waals surface area contributed by atoms with Gasteiger partial charge in [0.2, 0.25) is 0 Å². The highest BCUT2D eigenvalue weighted by molar-refractivity contribution is 5.82. The smallest absolute Gasteiger partial charge is 0.136 e. The largest absolute Gasteiger partial charge is 0.299 e. The molecule has 0 aromatic rings. The van der Waals surface area contributed by atoms with Crippen LogP contribution in [0.15, 0.2) is 11.1 Å². The summed E-state index contributed by atoms with van der Waals surface area (Å²) in [4.78, 5) is 11.9. The lowest BCUT2D eigenvalue weighted by Crippen LogP contribution is -2.32. The minimum atomic E-state index is 0.426. The Morgan fingerprint density at radius 2 is 1.60 bits per heavy atom. The first-order chi connectivity index (χ1) is 7.34. The van der Waals surface area contributed by atoms with Gasteiger partial charge >= 0.3 is 0 Å². The van der Waals surface area contributed by atoms with Gasteiger partial charge in [-0.15, -0.1) is 0 Å². The molecule has 1 fully saturated rings. The fourth-order valence-electron chi connectivity index (χ4n) is 3.82. The van der Waals surface area contributed by atoms with Crippen LogP contribution >= 0.6 is 0 Å². The molecule has 3 aliphatic rings. The second-order valence-corrected chi connectivity index (χ2v) is 5.55. The van der Waals surface area contributed by atoms with Crippen molar-refractivity contribution in [1.82, 2.24) is 0 Å². The lowest BCUT2D eigenvalue weighted by atomic mass is 9.66. The van der Waals surface area contributed by atoms with E-state index in [9.17, 15) is 4.79 Å². The van der Waals surface area contributed by atoms with Crippen molar-refractivity contribution in [2.45, 2.75) is 57.8 Å². The molecule has 0 N–H and O–H groups in total. The molecule has 0 aromatic heterocycles. The first kappa shape index (κ1) is 9.62. The molecule has 0 aromatic carbocycles. The van der Waals surface area contributed by atoms with E-state index < -0.39 is 0 Å². The molecule has 1 nitrogen and oxygen atoms in total. The number of ketones is 1. The van der Waals surface area contributed by atoms with Gasteiger partial charge in [-0.05, 0) is 57.3 Å². The number of fused-ring (bicyclic) bond motifs is 1. The molecule has 3 aliphatic carbocycles. The topological polar surface area (TPSA) is 17.1 Å². The van der Waals surface area contributed by atoms with Gasteiger partial charge in [0, 0.05) is 12.3 Å². The second-order valence-electron chi connectivity index (χ2n) is 5.55. The Bertz CT molecular complexity index is 313. The number of allylic oxidation sites excluding steroid dienone is 2. The van der Waals surface area contributed by atoms with Crippen LogP contribution in [0.2, 0.25) is 0 Å². The zero-order valence-corrected chi connectivity index (χ0v) is 9.43. The van der Waals surface area contributed by atoms with Crippen LogP contribution in [0.5, 0.6) is 0 Å². The Morgan fingerprint density at radius 3 is 2.40 bits per heavy atom. The molecule has 0 radical (unpaired) electrons. The zero-order valence-electron chi connectivity index (χ0n) is 9.43. The molecule has 0 spiro atoms. The van der Waals surface area contributed by atoms with E-state index in [1.54, 1.807) is 11.1 Å². The molecule has 0 aliphatic heterocycles. The summed E-state index contributed by atoms with van der Waals surface area (Å²) >= 11 is 0. The van der Waals surface area contributed by atoms with Crippen LogP contribution in [0, 0.1) is 11.8 Å². The average Bonchev–Trinajstić information content (AvgIpc) is 2.27. The molecule has 0 heterocycles. The first-order valence-corrected chi connectivity index (χ1v) is 6.57. The summed E-state index contributed by atoms with van der Waals surface area (Å²) in [6, 6.07) is 0. The van der Waals surface area contributed by atoms with Crippen molar-refractivity contribution >= 4 is 5.78 Å². The molecule has 0 amide bonds. The summed E-state index contributed by atoms with van der Waals surface area (Å²) in [7, 11) is 0. The summed E-state index contributed by atoms with van der Waals surface area (Å²) in [5.74, 6) is 1.72. The minimum Gasteiger partial charge on any atom is -0.299 e. The lowest BCUT2D eigenvalue weighted by molar-refractivity contribution is -0.126. The third-order valence-corrected chi connectivity index (χ3v) is 4.66. The van der Waals surface area contributed by atoms with E-state index in [-0.39, 0.29) is 0 Å². The minimum absolute atomic E-state index is 0.426. The van der Waals surface area contributed by atoms with Gasteiger partial charge in [0.05, 0.1) is 0 Å². The highest BCUT2D eigenvalue weighted by atomic mass is 16.1. The molecule has 0 saturated heterocycles. The van der Waals surface area contributed by atoms with Crippen LogP contribution in [-0.4, -0.2) is 5.78 Å². The molecule has 1 heteroatoms. The van der Waals surface area contributed by atoms with Crippen molar-refractivity contribution < 1.29 is 4.79 Å². The Labute approximate surface area is 91.9 Å². The Morgan fingerprint density at radius 1 is 0.867 bits per heavy atom. The summed E-state index contributed by atoms with van der Waals surface area (Å²) in [6.07, 6.45) is 11.1. The number of carbonyl (C=O) groups excluding carboxylic acids is 1. The molecule has 1 saturated carbocycles. The van der Waals surface area contributed by atoms with Gasteiger partial charge in [-0.1, -0.05) is 11.1 Å². The van der Waals surface area contributed by atoms with Crippen molar-refractivity contribution in [3.8, 4) is 0 Å². The zero-order chi connectivity index (χ0) is 10.3. The summed E-state index contributed by atoms with van der Waals surface area (Å²) < 4.78 is 0. The molecule has 2 atom stereocenters. The summed E-state index contributed by atoms with van der Waals surface area (Å²) in [6.45, 7) is 0. The maximum Gasteiger partial charge on any atom is 0.136 e. The fraction of sp³-hybridized carbons (Fsp3) is 0.786. The number of carbonyl (C=O) groups is 1. The molecule has 0 unspecified atom stereocenters. The van der Waals surface area contributed by atoms with Crippen molar-refractivity contribution in [3.05, 3.63) is 11.1 Å². The number of hydrogen-bond acceptors (Lipinski definition) is 1. The van der Waals surface area contributed by atoms with Gasteiger partial charge in [-0.2, -0.15) is 0 Å². The standard InChI is InChI=1S/C14H20O/c15-14-7-3-6-12-8-10-4-1-2-5-11(10)9-13(12)14/h12-13H,1-9H2/t12-,13-/m1/s1. The molecule has 82 valence electrons. The SMILES string of the molecule is O=C1CCC[C@@H]2CC3=C(CCCC3)C[C@@H]12. The Kier molecular flexibility index (Phi) is 2.42. The normalized spacial score (nSPS) is 36.1. The van der Waals surface area contributed by atoms with E-state index >= 15 is 0 Å². The number of hydrogen-bond donors (Lipinski definition) is 0. The van der Waals surface area contributed by atoms with E-state index in [0.717, 1.165) is 25.2 Å². The van der Waals surface area contributed by atoms with Gasteiger partial charge in [0.25, 0.3) is 0 Å². The van der Waals surface area contributed by atoms with Crippen LogP contribution in [0.1, 0.15) is 57.8 Å². The maximum absolute atomic E-state index is 11.9. The van der Waals surface area contributed by atoms with E-state index in [0.29, 0.717) is 11.7 Å². The van der Waals surface area contributed by atoms with E-state index in [1.807, 2.05) is 0 Å². The average molecular weight is 204 g/mol. The Balaban J connectivity index is 1.85. The first-order valence-electron chi connectivity index (χ1n) is 6.57. The van der Waals surface area contributed by atoms with E-state index in [1.165, 1.54) is 38.5 Å². The van der Waals surface area contributed by atoms with Crippen LogP contribution < -0.4 is 0 Å². The van der Waals surface area contributed by atoms with Crippen LogP contribution in [0.3, 0.4) is 0 Å². The third kappa shape index (κ3) is 1.66. The van der Waals surface area contributed by atoms with Crippen LogP contribution in [0.25, 0.3) is 0 Å². The quantitative estimate of drug-likeness (QED) is 0.551. The van der Waals surface area contributed by atoms with Crippen LogP contribution in [0.4, 0.5) is 0 Å². The highest BCUT2D eigenvalue weighted by Crippen LogP contribution is 2.45. The third-order valence-electron chi connectivity index (χ3n) is 4.66. The molecule has 0 bridgehead atoms. The fourth-order valence-corrected chi connectivity index (χ4v) is 3.82. The molecule has 3 rings (SSSR count). The van der Waals surface area contributed by atoms with Crippen molar-refractivity contribution in [2.75, 3.05) is 0 Å². The highest BCUT2D eigenvalue weighted by Gasteiger charge is 2.36. The van der Waals surface area contributed by atoms with E-state index in [4.69, 9.17) is 0 Å². The van der Waals surface area contributed by atoms with Crippen molar-refractivity contribution in [1.29, 1.82) is 0 Å².